The maximum Gasteiger partial charge on any atom is 0.342 e. The number of benzene rings is 2. The molecular weight excluding hydrogens is 340 g/mol. The van der Waals surface area contributed by atoms with Crippen molar-refractivity contribution < 1.29 is 33.7 Å². The molecule has 0 aliphatic carbocycles. The summed E-state index contributed by atoms with van der Waals surface area (Å²) in [7, 11) is 2.60. The molecule has 0 heterocycles. The molecule has 0 unspecified atom stereocenters. The summed E-state index contributed by atoms with van der Waals surface area (Å²) >= 11 is 0. The predicted molar refractivity (Wildman–Crippen MR) is 91.8 cm³/mol. The zero-order valence-corrected chi connectivity index (χ0v) is 14.6. The van der Waals surface area contributed by atoms with E-state index in [0.29, 0.717) is 5.75 Å². The lowest BCUT2D eigenvalue weighted by atomic mass is 9.93. The number of hydrogen-bond donors (Lipinski definition) is 1. The lowest BCUT2D eigenvalue weighted by Gasteiger charge is -2.13. The van der Waals surface area contributed by atoms with Crippen LogP contribution < -0.4 is 4.74 Å². The third-order valence-corrected chi connectivity index (χ3v) is 3.65. The first kappa shape index (κ1) is 19.0. The summed E-state index contributed by atoms with van der Waals surface area (Å²) in [5, 5.41) is 10.0. The molecule has 1 N–H and O–H groups in total. The molecule has 0 fully saturated rings. The number of methoxy groups -OCH3 is 2. The van der Waals surface area contributed by atoms with Gasteiger partial charge >= 0.3 is 11.9 Å². The second-order valence-corrected chi connectivity index (χ2v) is 5.15. The van der Waals surface area contributed by atoms with Crippen LogP contribution in [-0.4, -0.2) is 43.7 Å². The molecule has 0 aromatic heterocycles. The monoisotopic (exact) mass is 358 g/mol. The highest BCUT2D eigenvalue weighted by molar-refractivity contribution is 6.18. The van der Waals surface area contributed by atoms with Crippen LogP contribution in [0, 0.1) is 0 Å². The Bertz CT molecular complexity index is 838. The molecule has 0 saturated carbocycles. The average molecular weight is 358 g/mol. The van der Waals surface area contributed by atoms with E-state index in [2.05, 4.69) is 4.74 Å². The Morgan fingerprint density at radius 2 is 1.58 bits per heavy atom. The fourth-order valence-corrected chi connectivity index (χ4v) is 2.40. The standard InChI is InChI=1S/C19H18O7/c1-4-26-19(23)15-13(9-10-14(20)16(15)18(22)25-3)17(21)11-5-7-12(24-2)8-6-11/h5-10,20H,4H2,1-3H3. The Morgan fingerprint density at radius 1 is 0.923 bits per heavy atom. The normalized spacial score (nSPS) is 10.1. The maximum absolute atomic E-state index is 12.9. The molecular formula is C19H18O7. The van der Waals surface area contributed by atoms with E-state index in [9.17, 15) is 19.5 Å². The number of ketones is 1. The van der Waals surface area contributed by atoms with Crippen molar-refractivity contribution in [2.75, 3.05) is 20.8 Å². The Morgan fingerprint density at radius 3 is 2.12 bits per heavy atom. The molecule has 26 heavy (non-hydrogen) atoms. The number of aromatic hydroxyl groups is 1. The van der Waals surface area contributed by atoms with Crippen LogP contribution in [0.15, 0.2) is 36.4 Å². The van der Waals surface area contributed by atoms with Crippen molar-refractivity contribution in [3.05, 3.63) is 58.7 Å². The highest BCUT2D eigenvalue weighted by atomic mass is 16.5. The van der Waals surface area contributed by atoms with Crippen LogP contribution in [0.4, 0.5) is 0 Å². The first-order chi connectivity index (χ1) is 12.4. The molecule has 0 spiro atoms. The van der Waals surface area contributed by atoms with Gasteiger partial charge in [-0.1, -0.05) is 0 Å². The van der Waals surface area contributed by atoms with Gasteiger partial charge in [-0.15, -0.1) is 0 Å². The smallest absolute Gasteiger partial charge is 0.342 e. The molecule has 0 amide bonds. The number of carbonyl (C=O) groups excluding carboxylic acids is 3. The van der Waals surface area contributed by atoms with Gasteiger partial charge in [0.2, 0.25) is 0 Å². The zero-order valence-electron chi connectivity index (χ0n) is 14.6. The maximum atomic E-state index is 12.9. The highest BCUT2D eigenvalue weighted by Gasteiger charge is 2.29. The largest absolute Gasteiger partial charge is 0.507 e. The van der Waals surface area contributed by atoms with Crippen molar-refractivity contribution in [2.24, 2.45) is 0 Å². The Hall–Kier alpha value is -3.35. The Balaban J connectivity index is 2.64. The minimum absolute atomic E-state index is 0.0330. The molecule has 0 saturated heterocycles. The summed E-state index contributed by atoms with van der Waals surface area (Å²) in [6.45, 7) is 1.62. The SMILES string of the molecule is CCOC(=O)c1c(C(=O)c2ccc(OC)cc2)ccc(O)c1C(=O)OC. The van der Waals surface area contributed by atoms with Crippen molar-refractivity contribution in [2.45, 2.75) is 6.92 Å². The van der Waals surface area contributed by atoms with Gasteiger partial charge in [0.1, 0.15) is 17.1 Å². The van der Waals surface area contributed by atoms with Crippen molar-refractivity contribution in [3.8, 4) is 11.5 Å². The van der Waals surface area contributed by atoms with E-state index < -0.39 is 29.0 Å². The van der Waals surface area contributed by atoms with E-state index in [1.807, 2.05) is 0 Å². The van der Waals surface area contributed by atoms with E-state index in [1.54, 1.807) is 19.1 Å². The summed E-state index contributed by atoms with van der Waals surface area (Å²) in [6.07, 6.45) is 0. The van der Waals surface area contributed by atoms with Crippen molar-refractivity contribution in [1.29, 1.82) is 0 Å². The molecule has 0 aliphatic rings. The Kier molecular flexibility index (Phi) is 5.95. The molecule has 136 valence electrons. The molecule has 2 aromatic carbocycles. The molecule has 7 heteroatoms. The molecule has 0 atom stereocenters. The number of ether oxygens (including phenoxy) is 3. The number of phenolic OH excluding ortho intramolecular Hbond substituents is 1. The highest BCUT2D eigenvalue weighted by Crippen LogP contribution is 2.28. The van der Waals surface area contributed by atoms with Gasteiger partial charge in [0, 0.05) is 11.1 Å². The van der Waals surface area contributed by atoms with E-state index >= 15 is 0 Å². The van der Waals surface area contributed by atoms with Gasteiger partial charge in [0.25, 0.3) is 0 Å². The van der Waals surface area contributed by atoms with Gasteiger partial charge in [-0.2, -0.15) is 0 Å². The van der Waals surface area contributed by atoms with E-state index in [-0.39, 0.29) is 23.3 Å². The summed E-state index contributed by atoms with van der Waals surface area (Å²) in [6, 6.07) is 8.67. The third kappa shape index (κ3) is 3.66. The second-order valence-electron chi connectivity index (χ2n) is 5.15. The van der Waals surface area contributed by atoms with Crippen LogP contribution in [0.2, 0.25) is 0 Å². The minimum Gasteiger partial charge on any atom is -0.507 e. The van der Waals surface area contributed by atoms with Crippen LogP contribution in [0.25, 0.3) is 0 Å². The van der Waals surface area contributed by atoms with Gasteiger partial charge in [-0.25, -0.2) is 9.59 Å². The van der Waals surface area contributed by atoms with E-state index in [1.165, 1.54) is 25.3 Å². The fraction of sp³-hybridized carbons (Fsp3) is 0.211. The molecule has 0 radical (unpaired) electrons. The summed E-state index contributed by atoms with van der Waals surface area (Å²) < 4.78 is 14.6. The summed E-state index contributed by atoms with van der Waals surface area (Å²) in [5.74, 6) is -2.28. The zero-order chi connectivity index (χ0) is 19.3. The second kappa shape index (κ2) is 8.15. The van der Waals surface area contributed by atoms with Crippen LogP contribution >= 0.6 is 0 Å². The third-order valence-electron chi connectivity index (χ3n) is 3.65. The molecule has 2 rings (SSSR count). The quantitative estimate of drug-likeness (QED) is 0.626. The number of phenols is 1. The van der Waals surface area contributed by atoms with Gasteiger partial charge < -0.3 is 19.3 Å². The first-order valence-electron chi connectivity index (χ1n) is 7.74. The number of esters is 2. The summed E-state index contributed by atoms with van der Waals surface area (Å²) in [5.41, 5.74) is -0.547. The lowest BCUT2D eigenvalue weighted by molar-refractivity contribution is 0.0500. The van der Waals surface area contributed by atoms with Gasteiger partial charge in [0.05, 0.1) is 26.4 Å². The number of carbonyl (C=O) groups is 3. The molecule has 7 nitrogen and oxygen atoms in total. The Labute approximate surface area is 150 Å². The predicted octanol–water partition coefficient (Wildman–Crippen LogP) is 2.60. The average Bonchev–Trinajstić information content (AvgIpc) is 2.66. The number of hydrogen-bond acceptors (Lipinski definition) is 7. The minimum atomic E-state index is -0.949. The van der Waals surface area contributed by atoms with Crippen LogP contribution in [0.3, 0.4) is 0 Å². The first-order valence-corrected chi connectivity index (χ1v) is 7.74. The van der Waals surface area contributed by atoms with Crippen LogP contribution in [-0.2, 0) is 9.47 Å². The van der Waals surface area contributed by atoms with Crippen molar-refractivity contribution in [3.63, 3.8) is 0 Å². The van der Waals surface area contributed by atoms with Crippen LogP contribution in [0.5, 0.6) is 11.5 Å². The van der Waals surface area contributed by atoms with Gasteiger partial charge in [0.15, 0.2) is 5.78 Å². The van der Waals surface area contributed by atoms with E-state index in [4.69, 9.17) is 9.47 Å². The fourth-order valence-electron chi connectivity index (χ4n) is 2.40. The number of rotatable bonds is 6. The van der Waals surface area contributed by atoms with Crippen molar-refractivity contribution in [1.82, 2.24) is 0 Å². The molecule has 0 bridgehead atoms. The van der Waals surface area contributed by atoms with Crippen molar-refractivity contribution >= 4 is 17.7 Å². The topological polar surface area (TPSA) is 99.1 Å². The molecule has 2 aromatic rings. The van der Waals surface area contributed by atoms with Crippen LogP contribution in [0.1, 0.15) is 43.6 Å². The van der Waals surface area contributed by atoms with E-state index in [0.717, 1.165) is 13.2 Å². The van der Waals surface area contributed by atoms with Gasteiger partial charge in [-0.05, 0) is 43.3 Å². The van der Waals surface area contributed by atoms with Gasteiger partial charge in [-0.3, -0.25) is 4.79 Å². The summed E-state index contributed by atoms with van der Waals surface area (Å²) in [4.78, 5) is 37.3. The molecule has 0 aliphatic heterocycles. The lowest BCUT2D eigenvalue weighted by Crippen LogP contribution is -2.18.